The van der Waals surface area contributed by atoms with Crippen molar-refractivity contribution in [3.63, 3.8) is 0 Å². The number of piperidine rings is 1. The van der Waals surface area contributed by atoms with Crippen LogP contribution in [0.15, 0.2) is 24.5 Å². The Hall–Kier alpha value is -3.17. The number of carbonyl (C=O) groups is 1. The summed E-state index contributed by atoms with van der Waals surface area (Å²) in [6.07, 6.45) is 6.91. The molecule has 1 amide bonds. The van der Waals surface area contributed by atoms with Crippen molar-refractivity contribution in [1.82, 2.24) is 25.5 Å². The first kappa shape index (κ1) is 24.9. The summed E-state index contributed by atoms with van der Waals surface area (Å²) in [6, 6.07) is 4.14. The number of nitrogens with one attached hydrogen (secondary N) is 1. The van der Waals surface area contributed by atoms with Gasteiger partial charge in [0.05, 0.1) is 30.7 Å². The Morgan fingerprint density at radius 1 is 1.06 bits per heavy atom. The van der Waals surface area contributed by atoms with E-state index in [0.717, 1.165) is 56.8 Å². The molecule has 1 N–H and O–H groups in total. The van der Waals surface area contributed by atoms with E-state index >= 15 is 0 Å². The molecule has 2 aliphatic rings. The van der Waals surface area contributed by atoms with Crippen LogP contribution in [0.4, 0.5) is 16.6 Å². The van der Waals surface area contributed by atoms with Crippen LogP contribution < -0.4 is 19.9 Å². The molecule has 0 aliphatic carbocycles. The molecule has 0 bridgehead atoms. The van der Waals surface area contributed by atoms with Gasteiger partial charge in [0.25, 0.3) is 0 Å². The normalized spacial score (nSPS) is 19.0. The highest BCUT2D eigenvalue weighted by molar-refractivity contribution is 5.68. The highest BCUT2D eigenvalue weighted by Crippen LogP contribution is 2.23. The van der Waals surface area contributed by atoms with Crippen molar-refractivity contribution in [3.8, 4) is 5.75 Å². The topological polar surface area (TPSA) is 106 Å². The predicted molar refractivity (Wildman–Crippen MR) is 134 cm³/mol. The number of hydrogen-bond donors (Lipinski definition) is 1. The molecule has 190 valence electrons. The number of carbonyl (C=O) groups excluding carboxylic acids is 1. The zero-order valence-electron chi connectivity index (χ0n) is 21.2. The Kier molecular flexibility index (Phi) is 7.87. The highest BCUT2D eigenvalue weighted by atomic mass is 16.6. The number of ether oxygens (including phenoxy) is 2. The number of hydrogen-bond acceptors (Lipinski definition) is 9. The summed E-state index contributed by atoms with van der Waals surface area (Å²) in [5, 5.41) is 11.6. The van der Waals surface area contributed by atoms with E-state index in [1.165, 1.54) is 0 Å². The Bertz CT molecular complexity index is 955. The first-order chi connectivity index (χ1) is 16.8. The Morgan fingerprint density at radius 3 is 2.40 bits per heavy atom. The number of anilines is 2. The third-order valence-corrected chi connectivity index (χ3v) is 6.30. The van der Waals surface area contributed by atoms with Gasteiger partial charge in [-0.1, -0.05) is 6.92 Å². The van der Waals surface area contributed by atoms with Gasteiger partial charge in [-0.05, 0) is 64.5 Å². The Labute approximate surface area is 207 Å². The average molecular weight is 484 g/mol. The number of alkyl carbamates (subject to hydrolysis) is 1. The molecule has 0 saturated carbocycles. The lowest BCUT2D eigenvalue weighted by Gasteiger charge is -2.32. The van der Waals surface area contributed by atoms with Crippen LogP contribution in [-0.4, -0.2) is 70.7 Å². The SMILES string of the molecule is CCc1ccc(N2CCC(COc3cnc(N4CCC(NC(=O)OC(C)(C)C)C4)nc3)CC2)nn1. The molecule has 0 aromatic carbocycles. The van der Waals surface area contributed by atoms with Crippen LogP contribution in [0.3, 0.4) is 0 Å². The van der Waals surface area contributed by atoms with Gasteiger partial charge in [-0.2, -0.15) is 5.10 Å². The van der Waals surface area contributed by atoms with Gasteiger partial charge < -0.3 is 24.6 Å². The third kappa shape index (κ3) is 7.16. The zero-order valence-corrected chi connectivity index (χ0v) is 21.2. The molecular weight excluding hydrogens is 446 g/mol. The van der Waals surface area contributed by atoms with E-state index in [-0.39, 0.29) is 12.1 Å². The standard InChI is InChI=1S/C25H37N7O3/c1-5-19-6-7-22(30-29-19)31-11-8-18(9-12-31)17-34-21-14-26-23(27-15-21)32-13-10-20(16-32)28-24(33)35-25(2,3)4/h6-7,14-15,18,20H,5,8-13,16-17H2,1-4H3,(H,28,33). The molecule has 4 rings (SSSR count). The molecule has 2 aromatic heterocycles. The van der Waals surface area contributed by atoms with E-state index in [4.69, 9.17) is 9.47 Å². The number of nitrogens with zero attached hydrogens (tertiary/aromatic N) is 6. The fourth-order valence-corrected chi connectivity index (χ4v) is 4.33. The number of rotatable bonds is 7. The lowest BCUT2D eigenvalue weighted by Crippen LogP contribution is -2.40. The second-order valence-corrected chi connectivity index (χ2v) is 10.3. The Morgan fingerprint density at radius 2 is 1.77 bits per heavy atom. The molecule has 2 aliphatic heterocycles. The van der Waals surface area contributed by atoms with Gasteiger partial charge in [-0.3, -0.25) is 0 Å². The molecule has 2 aromatic rings. The molecular formula is C25H37N7O3. The summed E-state index contributed by atoms with van der Waals surface area (Å²) in [4.78, 5) is 25.3. The summed E-state index contributed by atoms with van der Waals surface area (Å²) < 4.78 is 11.3. The minimum Gasteiger partial charge on any atom is -0.490 e. The number of amides is 1. The smallest absolute Gasteiger partial charge is 0.407 e. The molecule has 10 heteroatoms. The lowest BCUT2D eigenvalue weighted by molar-refractivity contribution is 0.0509. The van der Waals surface area contributed by atoms with Gasteiger partial charge in [0.15, 0.2) is 11.6 Å². The van der Waals surface area contributed by atoms with E-state index in [1.807, 2.05) is 20.8 Å². The van der Waals surface area contributed by atoms with Crippen LogP contribution in [0.1, 0.15) is 52.7 Å². The molecule has 2 saturated heterocycles. The van der Waals surface area contributed by atoms with Crippen molar-refractivity contribution in [1.29, 1.82) is 0 Å². The second kappa shape index (κ2) is 11.0. The second-order valence-electron chi connectivity index (χ2n) is 10.3. The predicted octanol–water partition coefficient (Wildman–Crippen LogP) is 3.23. The van der Waals surface area contributed by atoms with Crippen LogP contribution in [0, 0.1) is 5.92 Å². The van der Waals surface area contributed by atoms with Crippen LogP contribution in [0.5, 0.6) is 5.75 Å². The quantitative estimate of drug-likeness (QED) is 0.635. The first-order valence-corrected chi connectivity index (χ1v) is 12.6. The van der Waals surface area contributed by atoms with E-state index in [0.29, 0.717) is 30.8 Å². The first-order valence-electron chi connectivity index (χ1n) is 12.6. The molecule has 4 heterocycles. The van der Waals surface area contributed by atoms with Crippen molar-refractivity contribution in [2.24, 2.45) is 5.92 Å². The van der Waals surface area contributed by atoms with E-state index in [2.05, 4.69) is 54.3 Å². The molecule has 0 spiro atoms. The summed E-state index contributed by atoms with van der Waals surface area (Å²) in [5.41, 5.74) is 0.514. The summed E-state index contributed by atoms with van der Waals surface area (Å²) in [5.74, 6) is 2.78. The minimum absolute atomic E-state index is 0.0193. The zero-order chi connectivity index (χ0) is 24.8. The average Bonchev–Trinajstić information content (AvgIpc) is 3.30. The maximum absolute atomic E-state index is 12.0. The highest BCUT2D eigenvalue weighted by Gasteiger charge is 2.27. The molecule has 35 heavy (non-hydrogen) atoms. The van der Waals surface area contributed by atoms with Crippen LogP contribution >= 0.6 is 0 Å². The third-order valence-electron chi connectivity index (χ3n) is 6.30. The molecule has 1 unspecified atom stereocenters. The largest absolute Gasteiger partial charge is 0.490 e. The summed E-state index contributed by atoms with van der Waals surface area (Å²) >= 11 is 0. The fourth-order valence-electron chi connectivity index (χ4n) is 4.33. The lowest BCUT2D eigenvalue weighted by atomic mass is 9.98. The van der Waals surface area contributed by atoms with Gasteiger partial charge in [0, 0.05) is 26.2 Å². The van der Waals surface area contributed by atoms with Gasteiger partial charge in [-0.25, -0.2) is 14.8 Å². The number of aryl methyl sites for hydroxylation is 1. The number of aromatic nitrogens is 4. The van der Waals surface area contributed by atoms with Crippen molar-refractivity contribution < 1.29 is 14.3 Å². The maximum Gasteiger partial charge on any atom is 0.407 e. The maximum atomic E-state index is 12.0. The fraction of sp³-hybridized carbons (Fsp3) is 0.640. The molecule has 0 radical (unpaired) electrons. The molecule has 10 nitrogen and oxygen atoms in total. The van der Waals surface area contributed by atoms with E-state index in [1.54, 1.807) is 12.4 Å². The summed E-state index contributed by atoms with van der Waals surface area (Å²) in [7, 11) is 0. The van der Waals surface area contributed by atoms with E-state index < -0.39 is 5.60 Å². The minimum atomic E-state index is -0.506. The van der Waals surface area contributed by atoms with Gasteiger partial charge in [-0.15, -0.1) is 5.10 Å². The van der Waals surface area contributed by atoms with Crippen LogP contribution in [0.25, 0.3) is 0 Å². The molecule has 2 fully saturated rings. The van der Waals surface area contributed by atoms with Crippen molar-refractivity contribution in [3.05, 3.63) is 30.2 Å². The van der Waals surface area contributed by atoms with Gasteiger partial charge in [0.2, 0.25) is 5.95 Å². The van der Waals surface area contributed by atoms with Crippen molar-refractivity contribution in [2.75, 3.05) is 42.6 Å². The van der Waals surface area contributed by atoms with Crippen molar-refractivity contribution >= 4 is 17.9 Å². The van der Waals surface area contributed by atoms with E-state index in [9.17, 15) is 4.79 Å². The van der Waals surface area contributed by atoms with Crippen LogP contribution in [-0.2, 0) is 11.2 Å². The summed E-state index contributed by atoms with van der Waals surface area (Å²) in [6.45, 7) is 11.7. The van der Waals surface area contributed by atoms with Crippen molar-refractivity contribution in [2.45, 2.75) is 65.0 Å². The molecule has 1 atom stereocenters. The monoisotopic (exact) mass is 483 g/mol. The van der Waals surface area contributed by atoms with Gasteiger partial charge >= 0.3 is 6.09 Å². The van der Waals surface area contributed by atoms with Gasteiger partial charge in [0.1, 0.15) is 5.60 Å². The van der Waals surface area contributed by atoms with Crippen LogP contribution in [0.2, 0.25) is 0 Å². The Balaban J connectivity index is 1.18.